The minimum Gasteiger partial charge on any atom is -0.462 e. The van der Waals surface area contributed by atoms with Crippen molar-refractivity contribution in [2.75, 3.05) is 39.6 Å². The number of rotatable bonds is 76. The standard InChI is InChI=1S/C77H150O17P2/c1-7-9-11-13-15-17-19-29-35-41-47-53-59-74(79)87-65-72(93-76(81)61-55-49-43-37-30-20-18-16-14-12-10-8-2)67-91-95(83,84)89-63-71(78)64-90-96(85,86)92-68-73(94-77(82)62-56-50-44-38-32-26-22-24-28-34-40-46-52-58-70(5)6)66-88-75(80)60-54-48-42-36-31-25-21-23-27-33-39-45-51-57-69(3)4/h69-73,78H,7-68H2,1-6H3,(H,83,84)(H,85,86)/t71-,72+,73+/m0/s1. The molecule has 0 amide bonds. The molecule has 5 atom stereocenters. The van der Waals surface area contributed by atoms with E-state index < -0.39 is 97.5 Å². The molecule has 0 aromatic heterocycles. The number of aliphatic hydroxyl groups excluding tert-OH is 1. The van der Waals surface area contributed by atoms with E-state index in [4.69, 9.17) is 37.0 Å². The van der Waals surface area contributed by atoms with E-state index >= 15 is 0 Å². The Bertz CT molecular complexity index is 1860. The van der Waals surface area contributed by atoms with Crippen molar-refractivity contribution in [1.82, 2.24) is 0 Å². The maximum Gasteiger partial charge on any atom is 0.472 e. The lowest BCUT2D eigenvalue weighted by molar-refractivity contribution is -0.161. The Balaban J connectivity index is 5.25. The normalized spacial score (nSPS) is 14.0. The second-order valence-electron chi connectivity index (χ2n) is 28.7. The lowest BCUT2D eigenvalue weighted by Gasteiger charge is -2.21. The fraction of sp³-hybridized carbons (Fsp3) is 0.948. The maximum atomic E-state index is 13.1. The average molecular weight is 1410 g/mol. The SMILES string of the molecule is CCCCCCCCCCCCCCC(=O)OC[C@H](COP(=O)(O)OC[C@H](O)COP(=O)(O)OC[C@@H](COC(=O)CCCCCCCCCCCCCCCC(C)C)OC(=O)CCCCCCCCCCCCCCCC(C)C)OC(=O)CCCCCCCCCCCCCC. The van der Waals surface area contributed by atoms with Crippen molar-refractivity contribution >= 4 is 39.5 Å². The lowest BCUT2D eigenvalue weighted by Crippen LogP contribution is -2.30. The van der Waals surface area contributed by atoms with Crippen LogP contribution in [-0.2, 0) is 65.4 Å². The lowest BCUT2D eigenvalue weighted by atomic mass is 10.0. The van der Waals surface area contributed by atoms with Gasteiger partial charge in [-0.05, 0) is 37.5 Å². The monoisotopic (exact) mass is 1410 g/mol. The van der Waals surface area contributed by atoms with Gasteiger partial charge in [-0.1, -0.05) is 350 Å². The first-order valence-corrected chi connectivity index (χ1v) is 43.0. The summed E-state index contributed by atoms with van der Waals surface area (Å²) in [5.74, 6) is -0.533. The van der Waals surface area contributed by atoms with E-state index in [-0.39, 0.29) is 25.7 Å². The van der Waals surface area contributed by atoms with Crippen LogP contribution >= 0.6 is 15.6 Å². The van der Waals surface area contributed by atoms with E-state index in [1.807, 2.05) is 0 Å². The molecule has 0 aromatic rings. The second kappa shape index (κ2) is 68.8. The zero-order chi connectivity index (χ0) is 70.7. The van der Waals surface area contributed by atoms with Gasteiger partial charge in [0.2, 0.25) is 0 Å². The van der Waals surface area contributed by atoms with E-state index in [1.54, 1.807) is 0 Å². The third-order valence-corrected chi connectivity index (χ3v) is 19.9. The van der Waals surface area contributed by atoms with E-state index in [9.17, 15) is 43.2 Å². The quantitative estimate of drug-likeness (QED) is 0.0222. The molecular weight excluding hydrogens is 1260 g/mol. The first-order valence-electron chi connectivity index (χ1n) is 40.0. The smallest absolute Gasteiger partial charge is 0.462 e. The van der Waals surface area contributed by atoms with Crippen LogP contribution in [0.1, 0.15) is 401 Å². The number of aliphatic hydroxyl groups is 1. The summed E-state index contributed by atoms with van der Waals surface area (Å²) in [6.07, 6.45) is 56.7. The van der Waals surface area contributed by atoms with Gasteiger partial charge >= 0.3 is 39.5 Å². The van der Waals surface area contributed by atoms with Gasteiger partial charge in [0.15, 0.2) is 12.2 Å². The summed E-state index contributed by atoms with van der Waals surface area (Å²) in [7, 11) is -9.91. The van der Waals surface area contributed by atoms with Crippen LogP contribution < -0.4 is 0 Å². The Kier molecular flexibility index (Phi) is 67.4. The van der Waals surface area contributed by atoms with Crippen molar-refractivity contribution in [3.8, 4) is 0 Å². The fourth-order valence-corrected chi connectivity index (χ4v) is 13.4. The highest BCUT2D eigenvalue weighted by molar-refractivity contribution is 7.47. The van der Waals surface area contributed by atoms with Crippen LogP contribution in [0.4, 0.5) is 0 Å². The molecule has 0 saturated carbocycles. The highest BCUT2D eigenvalue weighted by Gasteiger charge is 2.30. The predicted octanol–water partition coefficient (Wildman–Crippen LogP) is 22.7. The van der Waals surface area contributed by atoms with Crippen LogP contribution in [-0.4, -0.2) is 96.7 Å². The largest absolute Gasteiger partial charge is 0.472 e. The zero-order valence-electron chi connectivity index (χ0n) is 62.7. The van der Waals surface area contributed by atoms with Gasteiger partial charge in [0, 0.05) is 25.7 Å². The number of phosphoric acid groups is 2. The molecule has 0 aliphatic heterocycles. The highest BCUT2D eigenvalue weighted by atomic mass is 31.2. The number of carbonyl (C=O) groups is 4. The van der Waals surface area contributed by atoms with E-state index in [0.29, 0.717) is 25.7 Å². The molecule has 19 heteroatoms. The van der Waals surface area contributed by atoms with Gasteiger partial charge in [0.25, 0.3) is 0 Å². The zero-order valence-corrected chi connectivity index (χ0v) is 64.5. The first-order chi connectivity index (χ1) is 46.4. The molecule has 0 saturated heterocycles. The average Bonchev–Trinajstić information content (AvgIpc) is 1.17. The molecule has 0 rings (SSSR count). The second-order valence-corrected chi connectivity index (χ2v) is 31.6. The molecule has 0 aliphatic carbocycles. The van der Waals surface area contributed by atoms with Crippen molar-refractivity contribution in [2.45, 2.75) is 419 Å². The summed E-state index contributed by atoms with van der Waals surface area (Å²) < 4.78 is 68.6. The highest BCUT2D eigenvalue weighted by Crippen LogP contribution is 2.45. The predicted molar refractivity (Wildman–Crippen MR) is 391 cm³/mol. The van der Waals surface area contributed by atoms with Crippen molar-refractivity contribution in [1.29, 1.82) is 0 Å². The van der Waals surface area contributed by atoms with Crippen LogP contribution in [0.2, 0.25) is 0 Å². The molecule has 0 fully saturated rings. The number of esters is 4. The summed E-state index contributed by atoms with van der Waals surface area (Å²) in [5, 5.41) is 10.6. The number of carbonyl (C=O) groups excluding carboxylic acids is 4. The molecule has 570 valence electrons. The summed E-state index contributed by atoms with van der Waals surface area (Å²) in [5.41, 5.74) is 0. The fourth-order valence-electron chi connectivity index (χ4n) is 11.8. The van der Waals surface area contributed by atoms with E-state index in [2.05, 4.69) is 41.5 Å². The molecule has 3 N–H and O–H groups in total. The first kappa shape index (κ1) is 94.1. The van der Waals surface area contributed by atoms with Crippen molar-refractivity contribution in [3.05, 3.63) is 0 Å². The summed E-state index contributed by atoms with van der Waals surface area (Å²) in [6.45, 7) is 9.64. The number of hydrogen-bond donors (Lipinski definition) is 3. The number of unbranched alkanes of at least 4 members (excludes halogenated alkanes) is 46. The Morgan fingerprint density at radius 3 is 0.708 bits per heavy atom. The Morgan fingerprint density at radius 1 is 0.281 bits per heavy atom. The molecule has 17 nitrogen and oxygen atoms in total. The Labute approximate surface area is 588 Å². The molecule has 0 spiro atoms. The van der Waals surface area contributed by atoms with Crippen molar-refractivity contribution in [2.24, 2.45) is 11.8 Å². The minimum atomic E-state index is -4.96. The molecular formula is C77H150O17P2. The van der Waals surface area contributed by atoms with Gasteiger partial charge in [-0.3, -0.25) is 37.3 Å². The van der Waals surface area contributed by atoms with E-state index in [0.717, 1.165) is 102 Å². The van der Waals surface area contributed by atoms with Gasteiger partial charge in [-0.25, -0.2) is 9.13 Å². The number of ether oxygens (including phenoxy) is 4. The van der Waals surface area contributed by atoms with E-state index in [1.165, 1.54) is 218 Å². The van der Waals surface area contributed by atoms with Crippen LogP contribution in [0.25, 0.3) is 0 Å². The minimum absolute atomic E-state index is 0.108. The Morgan fingerprint density at radius 2 is 0.479 bits per heavy atom. The molecule has 2 unspecified atom stereocenters. The summed E-state index contributed by atoms with van der Waals surface area (Å²) in [6, 6.07) is 0. The third-order valence-electron chi connectivity index (χ3n) is 18.0. The number of phosphoric ester groups is 2. The molecule has 0 aromatic carbocycles. The molecule has 0 radical (unpaired) electrons. The van der Waals surface area contributed by atoms with Gasteiger partial charge in [0.05, 0.1) is 26.4 Å². The van der Waals surface area contributed by atoms with Gasteiger partial charge in [-0.2, -0.15) is 0 Å². The molecule has 0 bridgehead atoms. The van der Waals surface area contributed by atoms with Gasteiger partial charge in [0.1, 0.15) is 19.3 Å². The van der Waals surface area contributed by atoms with Crippen molar-refractivity contribution < 1.29 is 80.2 Å². The maximum absolute atomic E-state index is 13.1. The topological polar surface area (TPSA) is 237 Å². The van der Waals surface area contributed by atoms with Crippen LogP contribution in [0, 0.1) is 11.8 Å². The Hall–Kier alpha value is -1.94. The number of hydrogen-bond acceptors (Lipinski definition) is 15. The van der Waals surface area contributed by atoms with Crippen LogP contribution in [0.3, 0.4) is 0 Å². The van der Waals surface area contributed by atoms with Gasteiger partial charge in [-0.15, -0.1) is 0 Å². The molecule has 96 heavy (non-hydrogen) atoms. The summed E-state index contributed by atoms with van der Waals surface area (Å²) in [4.78, 5) is 72.9. The third kappa shape index (κ3) is 70.5. The molecule has 0 heterocycles. The van der Waals surface area contributed by atoms with Crippen molar-refractivity contribution in [3.63, 3.8) is 0 Å². The molecule has 0 aliphatic rings. The van der Waals surface area contributed by atoms with Gasteiger partial charge < -0.3 is 33.8 Å². The van der Waals surface area contributed by atoms with Crippen LogP contribution in [0.15, 0.2) is 0 Å². The summed E-state index contributed by atoms with van der Waals surface area (Å²) >= 11 is 0. The van der Waals surface area contributed by atoms with Crippen LogP contribution in [0.5, 0.6) is 0 Å².